The Morgan fingerprint density at radius 2 is 2.08 bits per heavy atom. The summed E-state index contributed by atoms with van der Waals surface area (Å²) in [4.78, 5) is 16.2. The van der Waals surface area contributed by atoms with Crippen LogP contribution in [0, 0.1) is 0 Å². The summed E-state index contributed by atoms with van der Waals surface area (Å²) < 4.78 is 5.58. The maximum atomic E-state index is 12.2. The third kappa shape index (κ3) is 5.06. The molecular formula is C18H17ClN4O2S. The molecule has 0 unspecified atom stereocenters. The van der Waals surface area contributed by atoms with Gasteiger partial charge in [-0.15, -0.1) is 10.2 Å². The lowest BCUT2D eigenvalue weighted by atomic mass is 10.1. The lowest BCUT2D eigenvalue weighted by molar-refractivity contribution is -0.120. The lowest BCUT2D eigenvalue weighted by Gasteiger charge is -2.09. The number of carbonyl (C=O) groups is 1. The van der Waals surface area contributed by atoms with E-state index in [0.29, 0.717) is 22.7 Å². The van der Waals surface area contributed by atoms with Crippen molar-refractivity contribution in [1.29, 1.82) is 0 Å². The molecule has 3 rings (SSSR count). The van der Waals surface area contributed by atoms with Crippen molar-refractivity contribution in [3.8, 4) is 11.5 Å². The second-order valence-electron chi connectivity index (χ2n) is 5.54. The van der Waals surface area contributed by atoms with E-state index < -0.39 is 0 Å². The van der Waals surface area contributed by atoms with Crippen LogP contribution in [-0.2, 0) is 11.2 Å². The van der Waals surface area contributed by atoms with Crippen molar-refractivity contribution in [1.82, 2.24) is 20.5 Å². The second-order valence-corrected chi connectivity index (χ2v) is 7.27. The Morgan fingerprint density at radius 1 is 1.27 bits per heavy atom. The molecule has 1 N–H and O–H groups in total. The molecule has 0 aliphatic rings. The normalized spacial score (nSPS) is 11.9. The first-order valence-electron chi connectivity index (χ1n) is 8.04. The van der Waals surface area contributed by atoms with Gasteiger partial charge in [-0.25, -0.2) is 0 Å². The van der Waals surface area contributed by atoms with Crippen LogP contribution in [0.25, 0.3) is 11.5 Å². The van der Waals surface area contributed by atoms with E-state index in [1.807, 2.05) is 30.3 Å². The minimum atomic E-state index is -0.345. The molecule has 3 aromatic rings. The van der Waals surface area contributed by atoms with Gasteiger partial charge in [-0.05, 0) is 43.2 Å². The fourth-order valence-electron chi connectivity index (χ4n) is 2.19. The van der Waals surface area contributed by atoms with Gasteiger partial charge in [0.2, 0.25) is 11.8 Å². The molecule has 1 aromatic carbocycles. The van der Waals surface area contributed by atoms with Gasteiger partial charge in [-0.1, -0.05) is 35.5 Å². The Labute approximate surface area is 160 Å². The van der Waals surface area contributed by atoms with Gasteiger partial charge >= 0.3 is 0 Å². The molecule has 1 amide bonds. The molecule has 8 heteroatoms. The molecule has 2 heterocycles. The zero-order valence-corrected chi connectivity index (χ0v) is 15.6. The Bertz CT molecular complexity index is 855. The number of thioether (sulfide) groups is 1. The van der Waals surface area contributed by atoms with Crippen LogP contribution in [0.3, 0.4) is 0 Å². The third-order valence-corrected chi connectivity index (χ3v) is 4.77. The van der Waals surface area contributed by atoms with Crippen LogP contribution in [0.15, 0.2) is 58.4 Å². The van der Waals surface area contributed by atoms with E-state index in [2.05, 4.69) is 20.5 Å². The number of nitrogens with one attached hydrogen (secondary N) is 1. The Balaban J connectivity index is 1.48. The second kappa shape index (κ2) is 8.82. The maximum Gasteiger partial charge on any atom is 0.277 e. The topological polar surface area (TPSA) is 80.9 Å². The smallest absolute Gasteiger partial charge is 0.277 e. The van der Waals surface area contributed by atoms with Crippen molar-refractivity contribution in [3.05, 3.63) is 59.4 Å². The first-order chi connectivity index (χ1) is 12.6. The lowest BCUT2D eigenvalue weighted by Crippen LogP contribution is -2.32. The number of nitrogens with zero attached hydrogens (tertiary/aromatic N) is 3. The minimum absolute atomic E-state index is 0.0786. The maximum absolute atomic E-state index is 12.2. The quantitative estimate of drug-likeness (QED) is 0.622. The van der Waals surface area contributed by atoms with Crippen LogP contribution in [0.2, 0.25) is 5.02 Å². The molecule has 0 aliphatic carbocycles. The molecule has 26 heavy (non-hydrogen) atoms. The van der Waals surface area contributed by atoms with E-state index in [0.717, 1.165) is 17.5 Å². The zero-order valence-electron chi connectivity index (χ0n) is 14.1. The third-order valence-electron chi connectivity index (χ3n) is 3.59. The first kappa shape index (κ1) is 18.4. The van der Waals surface area contributed by atoms with Crippen molar-refractivity contribution in [2.45, 2.75) is 23.8 Å². The van der Waals surface area contributed by atoms with Gasteiger partial charge in [0, 0.05) is 24.0 Å². The molecule has 0 bridgehead atoms. The number of hydrogen-bond acceptors (Lipinski definition) is 6. The monoisotopic (exact) mass is 388 g/mol. The van der Waals surface area contributed by atoms with Crippen LogP contribution >= 0.6 is 23.4 Å². The average Bonchev–Trinajstić information content (AvgIpc) is 3.12. The highest BCUT2D eigenvalue weighted by Crippen LogP contribution is 2.25. The van der Waals surface area contributed by atoms with Crippen LogP contribution in [-0.4, -0.2) is 32.9 Å². The van der Waals surface area contributed by atoms with Crippen LogP contribution < -0.4 is 5.32 Å². The fraction of sp³-hybridized carbons (Fsp3) is 0.222. The van der Waals surface area contributed by atoms with Crippen LogP contribution in [0.5, 0.6) is 0 Å². The molecule has 134 valence electrons. The van der Waals surface area contributed by atoms with Gasteiger partial charge < -0.3 is 9.73 Å². The van der Waals surface area contributed by atoms with Gasteiger partial charge in [0.15, 0.2) is 0 Å². The van der Waals surface area contributed by atoms with E-state index in [-0.39, 0.29) is 11.2 Å². The molecule has 2 aromatic heterocycles. The molecule has 6 nitrogen and oxygen atoms in total. The highest BCUT2D eigenvalue weighted by molar-refractivity contribution is 8.00. The van der Waals surface area contributed by atoms with Gasteiger partial charge in [0.05, 0.1) is 10.8 Å². The van der Waals surface area contributed by atoms with Crippen molar-refractivity contribution in [2.24, 2.45) is 0 Å². The summed E-state index contributed by atoms with van der Waals surface area (Å²) >= 11 is 7.08. The number of hydrogen-bond donors (Lipinski definition) is 1. The number of aromatic nitrogens is 3. The molecule has 0 spiro atoms. The average molecular weight is 389 g/mol. The molecule has 0 saturated heterocycles. The number of rotatable bonds is 7. The molecule has 0 saturated carbocycles. The largest absolute Gasteiger partial charge is 0.411 e. The van der Waals surface area contributed by atoms with E-state index in [1.54, 1.807) is 25.4 Å². The number of carbonyl (C=O) groups excluding carboxylic acids is 1. The van der Waals surface area contributed by atoms with E-state index in [1.165, 1.54) is 11.8 Å². The fourth-order valence-corrected chi connectivity index (χ4v) is 3.03. The highest BCUT2D eigenvalue weighted by Gasteiger charge is 2.18. The summed E-state index contributed by atoms with van der Waals surface area (Å²) in [6.45, 7) is 2.35. The first-order valence-corrected chi connectivity index (χ1v) is 9.30. The van der Waals surface area contributed by atoms with Crippen molar-refractivity contribution >= 4 is 29.3 Å². The highest BCUT2D eigenvalue weighted by atomic mass is 35.5. The zero-order chi connectivity index (χ0) is 18.4. The standard InChI is InChI=1S/C18H17ClN4O2S/c1-12(16(24)21-10-8-13-4-6-15(19)7-5-13)26-18-23-22-17(25-18)14-3-2-9-20-11-14/h2-7,9,11-12H,8,10H2,1H3,(H,21,24)/t12-/m1/s1. The number of halogens is 1. The number of amides is 1. The summed E-state index contributed by atoms with van der Waals surface area (Å²) in [5.41, 5.74) is 1.86. The van der Waals surface area contributed by atoms with Gasteiger partial charge in [0.25, 0.3) is 5.22 Å². The van der Waals surface area contributed by atoms with Crippen LogP contribution in [0.1, 0.15) is 12.5 Å². The number of benzene rings is 1. The molecule has 1 atom stereocenters. The Morgan fingerprint density at radius 3 is 2.81 bits per heavy atom. The Kier molecular flexibility index (Phi) is 6.25. The molecular weight excluding hydrogens is 372 g/mol. The molecule has 0 fully saturated rings. The summed E-state index contributed by atoms with van der Waals surface area (Å²) in [6, 6.07) is 11.2. The van der Waals surface area contributed by atoms with E-state index >= 15 is 0 Å². The predicted octanol–water partition coefficient (Wildman–Crippen LogP) is 3.62. The summed E-state index contributed by atoms with van der Waals surface area (Å²) in [7, 11) is 0. The van der Waals surface area contributed by atoms with E-state index in [4.69, 9.17) is 16.0 Å². The summed E-state index contributed by atoms with van der Waals surface area (Å²) in [5.74, 6) is 0.307. The SMILES string of the molecule is C[C@@H](Sc1nnc(-c2cccnc2)o1)C(=O)NCCc1ccc(Cl)cc1. The summed E-state index contributed by atoms with van der Waals surface area (Å²) in [6.07, 6.45) is 4.06. The minimum Gasteiger partial charge on any atom is -0.411 e. The van der Waals surface area contributed by atoms with Crippen LogP contribution in [0.4, 0.5) is 0 Å². The van der Waals surface area contributed by atoms with E-state index in [9.17, 15) is 4.79 Å². The predicted molar refractivity (Wildman–Crippen MR) is 101 cm³/mol. The molecule has 0 radical (unpaired) electrons. The Hall–Kier alpha value is -2.38. The van der Waals surface area contributed by atoms with Gasteiger partial charge in [-0.3, -0.25) is 9.78 Å². The van der Waals surface area contributed by atoms with Gasteiger partial charge in [0.1, 0.15) is 0 Å². The van der Waals surface area contributed by atoms with Gasteiger partial charge in [-0.2, -0.15) is 0 Å². The molecule has 0 aliphatic heterocycles. The van der Waals surface area contributed by atoms with Crippen molar-refractivity contribution < 1.29 is 9.21 Å². The summed E-state index contributed by atoms with van der Waals surface area (Å²) in [5, 5.41) is 11.6. The van der Waals surface area contributed by atoms with Crippen molar-refractivity contribution in [2.75, 3.05) is 6.54 Å². The van der Waals surface area contributed by atoms with Crippen molar-refractivity contribution in [3.63, 3.8) is 0 Å². The number of pyridine rings is 1.